The monoisotopic (exact) mass is 441 g/mol. The van der Waals surface area contributed by atoms with Crippen molar-refractivity contribution in [3.05, 3.63) is 64.2 Å². The lowest BCUT2D eigenvalue weighted by Crippen LogP contribution is -2.47. The van der Waals surface area contributed by atoms with Gasteiger partial charge in [0.25, 0.3) is 5.91 Å². The van der Waals surface area contributed by atoms with Gasteiger partial charge in [-0.15, -0.1) is 0 Å². The lowest BCUT2D eigenvalue weighted by atomic mass is 10.0. The summed E-state index contributed by atoms with van der Waals surface area (Å²) < 4.78 is 27.7. The fourth-order valence-corrected chi connectivity index (χ4v) is 5.85. The minimum atomic E-state index is -3.62. The number of amides is 1. The molecule has 31 heavy (non-hydrogen) atoms. The minimum absolute atomic E-state index is 0.157. The van der Waals surface area contributed by atoms with Gasteiger partial charge in [0.2, 0.25) is 10.0 Å². The summed E-state index contributed by atoms with van der Waals surface area (Å²) in [6, 6.07) is 11.1. The van der Waals surface area contributed by atoms with E-state index in [2.05, 4.69) is 28.4 Å². The van der Waals surface area contributed by atoms with E-state index in [-0.39, 0.29) is 16.8 Å². The number of nitrogens with zero attached hydrogens (tertiary/aromatic N) is 2. The number of nitrogens with one attached hydrogen (secondary N) is 1. The van der Waals surface area contributed by atoms with Crippen LogP contribution >= 0.6 is 0 Å². The van der Waals surface area contributed by atoms with Crippen molar-refractivity contribution in [1.82, 2.24) is 14.5 Å². The number of likely N-dealkylation sites (N-methyl/N-ethyl adjacent to an activating group) is 1. The molecule has 2 aromatic rings. The van der Waals surface area contributed by atoms with Crippen LogP contribution in [-0.4, -0.2) is 56.8 Å². The number of hydrogen-bond acceptors (Lipinski definition) is 4. The Balaban J connectivity index is 1.53. The third-order valence-corrected chi connectivity index (χ3v) is 8.42. The van der Waals surface area contributed by atoms with Crippen molar-refractivity contribution < 1.29 is 13.2 Å². The second kappa shape index (κ2) is 8.73. The standard InChI is InChI=1S/C24H31N3O3S/c1-17-7-10-22(31(29,30)27-13-11-26(3)12-14-27)16-23(17)24(28)25-18(2)20-9-8-19-5-4-6-21(19)15-20/h7-10,15-16,18H,4-6,11-14H2,1-3H3,(H,25,28)/t18-/m1/s1. The smallest absolute Gasteiger partial charge is 0.252 e. The first kappa shape index (κ1) is 22.0. The van der Waals surface area contributed by atoms with Crippen LogP contribution in [0.2, 0.25) is 0 Å². The van der Waals surface area contributed by atoms with Crippen molar-refractivity contribution in [1.29, 1.82) is 0 Å². The number of aryl methyl sites for hydroxylation is 3. The largest absolute Gasteiger partial charge is 0.346 e. The van der Waals surface area contributed by atoms with Crippen LogP contribution in [-0.2, 0) is 22.9 Å². The number of fused-ring (bicyclic) bond motifs is 1. The Kier molecular flexibility index (Phi) is 6.19. The van der Waals surface area contributed by atoms with Crippen molar-refractivity contribution in [2.75, 3.05) is 33.2 Å². The molecule has 1 heterocycles. The summed E-state index contributed by atoms with van der Waals surface area (Å²) in [6.07, 6.45) is 3.41. The van der Waals surface area contributed by atoms with Crippen LogP contribution in [0.5, 0.6) is 0 Å². The molecule has 1 fully saturated rings. The number of rotatable bonds is 5. The average molecular weight is 442 g/mol. The zero-order chi connectivity index (χ0) is 22.2. The summed E-state index contributed by atoms with van der Waals surface area (Å²) >= 11 is 0. The highest BCUT2D eigenvalue weighted by molar-refractivity contribution is 7.89. The summed E-state index contributed by atoms with van der Waals surface area (Å²) in [5.74, 6) is -0.249. The number of benzene rings is 2. The van der Waals surface area contributed by atoms with Crippen LogP contribution in [0.25, 0.3) is 0 Å². The van der Waals surface area contributed by atoms with Gasteiger partial charge in [-0.1, -0.05) is 24.3 Å². The molecule has 166 valence electrons. The lowest BCUT2D eigenvalue weighted by molar-refractivity contribution is 0.0939. The van der Waals surface area contributed by atoms with E-state index in [0.29, 0.717) is 31.7 Å². The summed E-state index contributed by atoms with van der Waals surface area (Å²) in [7, 11) is -1.63. The molecule has 1 aliphatic heterocycles. The van der Waals surface area contributed by atoms with Crippen LogP contribution < -0.4 is 5.32 Å². The van der Waals surface area contributed by atoms with Gasteiger partial charge in [0, 0.05) is 31.7 Å². The van der Waals surface area contributed by atoms with E-state index in [9.17, 15) is 13.2 Å². The molecule has 1 N–H and O–H groups in total. The van der Waals surface area contributed by atoms with E-state index in [1.165, 1.54) is 27.9 Å². The van der Waals surface area contributed by atoms with E-state index in [1.807, 2.05) is 20.9 Å². The molecule has 0 unspecified atom stereocenters. The molecular formula is C24H31N3O3S. The molecule has 1 saturated heterocycles. The maximum Gasteiger partial charge on any atom is 0.252 e. The molecule has 1 amide bonds. The van der Waals surface area contributed by atoms with Crippen LogP contribution in [0.3, 0.4) is 0 Å². The SMILES string of the molecule is Cc1ccc(S(=O)(=O)N2CCN(C)CC2)cc1C(=O)N[C@H](C)c1ccc2c(c1)CCC2. The molecule has 6 nitrogen and oxygen atoms in total. The van der Waals surface area contributed by atoms with E-state index < -0.39 is 10.0 Å². The Bertz CT molecular complexity index is 1090. The summed E-state index contributed by atoms with van der Waals surface area (Å²) in [5.41, 5.74) is 5.02. The second-order valence-electron chi connectivity index (χ2n) is 8.76. The number of carbonyl (C=O) groups is 1. The van der Waals surface area contributed by atoms with Gasteiger partial charge in [-0.2, -0.15) is 4.31 Å². The molecule has 7 heteroatoms. The Hall–Kier alpha value is -2.22. The Morgan fingerprint density at radius 1 is 1.00 bits per heavy atom. The van der Waals surface area contributed by atoms with Crippen LogP contribution in [0, 0.1) is 6.92 Å². The summed E-state index contributed by atoms with van der Waals surface area (Å²) in [4.78, 5) is 15.3. The third kappa shape index (κ3) is 4.54. The Labute approximate surface area is 185 Å². The lowest BCUT2D eigenvalue weighted by Gasteiger charge is -2.31. The molecule has 2 aliphatic rings. The van der Waals surface area contributed by atoms with Crippen molar-refractivity contribution >= 4 is 15.9 Å². The average Bonchev–Trinajstić information content (AvgIpc) is 3.22. The van der Waals surface area contributed by atoms with E-state index >= 15 is 0 Å². The van der Waals surface area contributed by atoms with E-state index in [4.69, 9.17) is 0 Å². The number of piperazine rings is 1. The molecule has 0 bridgehead atoms. The maximum absolute atomic E-state index is 13.1. The topological polar surface area (TPSA) is 69.7 Å². The quantitative estimate of drug-likeness (QED) is 0.775. The molecule has 0 spiro atoms. The normalized spacial score (nSPS) is 18.5. The van der Waals surface area contributed by atoms with Crippen molar-refractivity contribution in [3.8, 4) is 0 Å². The van der Waals surface area contributed by atoms with Crippen LogP contribution in [0.4, 0.5) is 0 Å². The number of hydrogen-bond donors (Lipinski definition) is 1. The van der Waals surface area contributed by atoms with Crippen molar-refractivity contribution in [2.24, 2.45) is 0 Å². The zero-order valence-corrected chi connectivity index (χ0v) is 19.3. The van der Waals surface area contributed by atoms with E-state index in [0.717, 1.165) is 24.0 Å². The molecule has 1 aliphatic carbocycles. The van der Waals surface area contributed by atoms with Gasteiger partial charge in [-0.05, 0) is 74.5 Å². The third-order valence-electron chi connectivity index (χ3n) is 6.52. The highest BCUT2D eigenvalue weighted by Gasteiger charge is 2.28. The van der Waals surface area contributed by atoms with Gasteiger partial charge in [-0.3, -0.25) is 4.79 Å². The molecule has 2 aromatic carbocycles. The van der Waals surface area contributed by atoms with Gasteiger partial charge in [0.05, 0.1) is 10.9 Å². The first-order valence-electron chi connectivity index (χ1n) is 11.0. The molecule has 0 aromatic heterocycles. The maximum atomic E-state index is 13.1. The molecular weight excluding hydrogens is 410 g/mol. The van der Waals surface area contributed by atoms with Gasteiger partial charge in [0.1, 0.15) is 0 Å². The molecule has 0 radical (unpaired) electrons. The van der Waals surface area contributed by atoms with Crippen molar-refractivity contribution in [3.63, 3.8) is 0 Å². The Morgan fingerprint density at radius 3 is 2.45 bits per heavy atom. The molecule has 0 saturated carbocycles. The van der Waals surface area contributed by atoms with Gasteiger partial charge in [-0.25, -0.2) is 8.42 Å². The van der Waals surface area contributed by atoms with Gasteiger partial charge < -0.3 is 10.2 Å². The highest BCUT2D eigenvalue weighted by atomic mass is 32.2. The predicted octanol–water partition coefficient (Wildman–Crippen LogP) is 2.91. The fourth-order valence-electron chi connectivity index (χ4n) is 4.40. The second-order valence-corrected chi connectivity index (χ2v) is 10.7. The van der Waals surface area contributed by atoms with Crippen LogP contribution in [0.1, 0.15) is 52.0 Å². The minimum Gasteiger partial charge on any atom is -0.346 e. The highest BCUT2D eigenvalue weighted by Crippen LogP contribution is 2.26. The van der Waals surface area contributed by atoms with Crippen molar-refractivity contribution in [2.45, 2.75) is 44.0 Å². The summed E-state index contributed by atoms with van der Waals surface area (Å²) in [6.45, 7) is 6.14. The first-order chi connectivity index (χ1) is 14.8. The number of carbonyl (C=O) groups excluding carboxylic acids is 1. The fraction of sp³-hybridized carbons (Fsp3) is 0.458. The van der Waals surface area contributed by atoms with E-state index in [1.54, 1.807) is 12.1 Å². The molecule has 1 atom stereocenters. The summed E-state index contributed by atoms with van der Waals surface area (Å²) in [5, 5.41) is 3.05. The van der Waals surface area contributed by atoms with Gasteiger partial charge in [0.15, 0.2) is 0 Å². The zero-order valence-electron chi connectivity index (χ0n) is 18.5. The number of sulfonamides is 1. The van der Waals surface area contributed by atoms with Gasteiger partial charge >= 0.3 is 0 Å². The first-order valence-corrected chi connectivity index (χ1v) is 12.4. The Morgan fingerprint density at radius 2 is 1.71 bits per heavy atom. The molecule has 4 rings (SSSR count). The predicted molar refractivity (Wildman–Crippen MR) is 122 cm³/mol. The van der Waals surface area contributed by atoms with Crippen LogP contribution in [0.15, 0.2) is 41.3 Å².